The van der Waals surface area contributed by atoms with E-state index in [-0.39, 0.29) is 50.2 Å². The molecule has 1 aliphatic heterocycles. The molecule has 35 heavy (non-hydrogen) atoms. The number of carbonyl (C=O) groups is 2. The van der Waals surface area contributed by atoms with Crippen LogP contribution in [0.15, 0.2) is 30.3 Å². The van der Waals surface area contributed by atoms with Gasteiger partial charge in [0.15, 0.2) is 0 Å². The fourth-order valence-corrected chi connectivity index (χ4v) is 5.00. The van der Waals surface area contributed by atoms with Gasteiger partial charge < -0.3 is 39.9 Å². The molecule has 0 aromatic heterocycles. The van der Waals surface area contributed by atoms with Crippen LogP contribution in [0.2, 0.25) is 5.02 Å². The van der Waals surface area contributed by atoms with Gasteiger partial charge in [0.1, 0.15) is 5.75 Å². The Morgan fingerprint density at radius 2 is 1.91 bits per heavy atom. The molecule has 9 heteroatoms. The maximum absolute atomic E-state index is 12.9. The third-order valence-corrected chi connectivity index (χ3v) is 6.86. The summed E-state index contributed by atoms with van der Waals surface area (Å²) in [6, 6.07) is 9.32. The van der Waals surface area contributed by atoms with E-state index in [0.717, 1.165) is 48.2 Å². The number of urea groups is 1. The molecule has 2 aromatic rings. The van der Waals surface area contributed by atoms with Gasteiger partial charge in [-0.15, -0.1) is 6.54 Å². The van der Waals surface area contributed by atoms with Crippen molar-refractivity contribution in [1.29, 1.82) is 0 Å². The first-order valence-electron chi connectivity index (χ1n) is 11.3. The zero-order valence-corrected chi connectivity index (χ0v) is 21.8. The molecule has 7 nitrogen and oxygen atoms in total. The van der Waals surface area contributed by atoms with Crippen LogP contribution in [0.5, 0.6) is 5.75 Å². The van der Waals surface area contributed by atoms with E-state index < -0.39 is 0 Å². The van der Waals surface area contributed by atoms with Crippen molar-refractivity contribution in [3.63, 3.8) is 0 Å². The van der Waals surface area contributed by atoms with Gasteiger partial charge in [0.05, 0.1) is 18.7 Å². The second-order valence-corrected chi connectivity index (χ2v) is 9.06. The van der Waals surface area contributed by atoms with Crippen LogP contribution in [0.1, 0.15) is 36.8 Å². The summed E-state index contributed by atoms with van der Waals surface area (Å²) < 4.78 is 5.16. The standard InChI is InChI=1S/C25H30ClN4O3.CH3.Li/c1-4-27-18-11-15(2)20-14-30(25(32)29-22(20)13-18)19-8-5-16(6-9-19)24(31)28-17-7-10-23(33-3)21(26)12-17;;/h7,10-13,16,19,27H,1,4-6,8-9,14H2,2-3H3,(H,28,31)(H,29,32);1H3;/q2*-1;+1. The van der Waals surface area contributed by atoms with Crippen molar-refractivity contribution in [2.24, 2.45) is 5.92 Å². The first-order valence-corrected chi connectivity index (χ1v) is 11.7. The van der Waals surface area contributed by atoms with Crippen LogP contribution < -0.4 is 39.5 Å². The van der Waals surface area contributed by atoms with E-state index in [9.17, 15) is 9.59 Å². The topological polar surface area (TPSA) is 82.7 Å². The quantitative estimate of drug-likeness (QED) is 0.428. The van der Waals surface area contributed by atoms with E-state index in [2.05, 4.69) is 35.9 Å². The molecule has 2 aliphatic rings. The van der Waals surface area contributed by atoms with Crippen LogP contribution in [-0.2, 0) is 11.3 Å². The number of hydrogen-bond acceptors (Lipinski definition) is 4. The van der Waals surface area contributed by atoms with Gasteiger partial charge in [0.2, 0.25) is 5.91 Å². The van der Waals surface area contributed by atoms with Crippen molar-refractivity contribution < 1.29 is 33.2 Å². The number of halogens is 1. The first-order chi connectivity index (χ1) is 15.9. The summed E-state index contributed by atoms with van der Waals surface area (Å²) in [5.41, 5.74) is 4.75. The second-order valence-electron chi connectivity index (χ2n) is 8.65. The van der Waals surface area contributed by atoms with Gasteiger partial charge in [-0.1, -0.05) is 11.6 Å². The van der Waals surface area contributed by atoms with Gasteiger partial charge in [-0.2, -0.15) is 0 Å². The Balaban J connectivity index is 0.00000216. The molecule has 0 radical (unpaired) electrons. The molecule has 2 aromatic carbocycles. The van der Waals surface area contributed by atoms with Crippen LogP contribution in [0.25, 0.3) is 0 Å². The van der Waals surface area contributed by atoms with Crippen LogP contribution in [-0.4, -0.2) is 36.5 Å². The molecule has 0 saturated heterocycles. The van der Waals surface area contributed by atoms with E-state index in [4.69, 9.17) is 16.3 Å². The fourth-order valence-electron chi connectivity index (χ4n) is 4.75. The minimum absolute atomic E-state index is 0. The molecule has 184 valence electrons. The molecule has 3 N–H and O–H groups in total. The minimum Gasteiger partial charge on any atom is -0.495 e. The zero-order chi connectivity index (χ0) is 23.5. The Morgan fingerprint density at radius 3 is 2.54 bits per heavy atom. The maximum Gasteiger partial charge on any atom is 1.00 e. The first kappa shape index (κ1) is 28.9. The monoisotopic (exact) mass is 491 g/mol. The number of benzene rings is 2. The molecule has 1 heterocycles. The number of rotatable bonds is 6. The van der Waals surface area contributed by atoms with Crippen molar-refractivity contribution in [3.05, 3.63) is 60.8 Å². The number of nitrogens with one attached hydrogen (secondary N) is 3. The molecule has 0 spiro atoms. The summed E-state index contributed by atoms with van der Waals surface area (Å²) in [7, 11) is 1.55. The third kappa shape index (κ3) is 6.46. The van der Waals surface area contributed by atoms with Crippen LogP contribution in [0, 0.1) is 27.2 Å². The van der Waals surface area contributed by atoms with Crippen molar-refractivity contribution in [2.75, 3.05) is 29.6 Å². The average molecular weight is 492 g/mol. The molecule has 3 amide bonds. The SMILES string of the molecule is [CH2-]CNc1cc(C)c2c(c1)NC(=O)N(C1CCC(C(=O)Nc3ccc(OC)c(Cl)c3)CC1)C2.[CH3-].[Li+]. The molecular formula is C26H33ClLiN4O3-. The predicted molar refractivity (Wildman–Crippen MR) is 138 cm³/mol. The van der Waals surface area contributed by atoms with E-state index in [0.29, 0.717) is 29.5 Å². The van der Waals surface area contributed by atoms with Crippen molar-refractivity contribution in [3.8, 4) is 5.75 Å². The average Bonchev–Trinajstić information content (AvgIpc) is 2.79. The molecular weight excluding hydrogens is 459 g/mol. The Bertz CT molecular complexity index is 1060. The van der Waals surface area contributed by atoms with Gasteiger partial charge in [-0.25, -0.2) is 4.79 Å². The summed E-state index contributed by atoms with van der Waals surface area (Å²) in [6.07, 6.45) is 3.07. The second kappa shape index (κ2) is 12.6. The summed E-state index contributed by atoms with van der Waals surface area (Å²) in [5, 5.41) is 9.67. The molecule has 4 rings (SSSR count). The van der Waals surface area contributed by atoms with Gasteiger partial charge in [0, 0.05) is 29.0 Å². The number of methoxy groups -OCH3 is 1. The number of amides is 3. The molecule has 0 bridgehead atoms. The normalized spacial score (nSPS) is 18.9. The van der Waals surface area contributed by atoms with Gasteiger partial charge in [-0.3, -0.25) is 4.79 Å². The van der Waals surface area contributed by atoms with E-state index in [1.807, 2.05) is 11.0 Å². The summed E-state index contributed by atoms with van der Waals surface area (Å²) in [5.74, 6) is 0.478. The number of hydrogen-bond donors (Lipinski definition) is 3. The number of nitrogens with zero attached hydrogens (tertiary/aromatic N) is 1. The van der Waals surface area contributed by atoms with E-state index in [1.54, 1.807) is 25.3 Å². The minimum atomic E-state index is -0.0831. The van der Waals surface area contributed by atoms with Crippen LogP contribution in [0.3, 0.4) is 0 Å². The molecule has 1 aliphatic carbocycles. The van der Waals surface area contributed by atoms with Crippen LogP contribution >= 0.6 is 11.6 Å². The van der Waals surface area contributed by atoms with Crippen LogP contribution in [0.4, 0.5) is 21.9 Å². The zero-order valence-electron chi connectivity index (χ0n) is 21.0. The fraction of sp³-hybridized carbons (Fsp3) is 0.385. The molecule has 0 unspecified atom stereocenters. The van der Waals surface area contributed by atoms with Gasteiger partial charge in [-0.05, 0) is 74.1 Å². The van der Waals surface area contributed by atoms with E-state index in [1.165, 1.54) is 0 Å². The summed E-state index contributed by atoms with van der Waals surface area (Å²) in [4.78, 5) is 27.6. The predicted octanol–water partition coefficient (Wildman–Crippen LogP) is 2.90. The number of ether oxygens (including phenoxy) is 1. The smallest absolute Gasteiger partial charge is 0.495 e. The number of carbonyl (C=O) groups excluding carboxylic acids is 2. The van der Waals surface area contributed by atoms with Gasteiger partial charge in [0.25, 0.3) is 0 Å². The van der Waals surface area contributed by atoms with Crippen molar-refractivity contribution in [1.82, 2.24) is 4.90 Å². The van der Waals surface area contributed by atoms with Crippen molar-refractivity contribution >= 4 is 40.6 Å². The maximum atomic E-state index is 12.9. The van der Waals surface area contributed by atoms with Gasteiger partial charge >= 0.3 is 24.9 Å². The molecule has 1 saturated carbocycles. The number of aryl methyl sites for hydroxylation is 1. The Hall–Kier alpha value is -2.33. The summed E-state index contributed by atoms with van der Waals surface area (Å²) in [6.45, 7) is 7.05. The number of anilines is 3. The Morgan fingerprint density at radius 1 is 1.20 bits per heavy atom. The largest absolute Gasteiger partial charge is 1.00 e. The Kier molecular flexibility index (Phi) is 10.4. The molecule has 1 fully saturated rings. The number of fused-ring (bicyclic) bond motifs is 1. The van der Waals surface area contributed by atoms with E-state index >= 15 is 0 Å². The third-order valence-electron chi connectivity index (χ3n) is 6.56. The Labute approximate surface area is 225 Å². The summed E-state index contributed by atoms with van der Waals surface area (Å²) >= 11 is 6.16. The van der Waals surface area contributed by atoms with Crippen molar-refractivity contribution in [2.45, 2.75) is 45.2 Å². The molecule has 0 atom stereocenters.